The predicted octanol–water partition coefficient (Wildman–Crippen LogP) is 0.802. The third-order valence-corrected chi connectivity index (χ3v) is 2.31. The minimum atomic E-state index is -4.67. The van der Waals surface area contributed by atoms with Gasteiger partial charge >= 0.3 is 6.18 Å². The minimum absolute atomic E-state index is 0.0267. The molecule has 0 fully saturated rings. The van der Waals surface area contributed by atoms with Gasteiger partial charge in [-0.15, -0.1) is 0 Å². The highest BCUT2D eigenvalue weighted by atomic mass is 19.4. The van der Waals surface area contributed by atoms with E-state index in [0.717, 1.165) is 0 Å². The van der Waals surface area contributed by atoms with E-state index < -0.39 is 17.6 Å². The van der Waals surface area contributed by atoms with E-state index in [4.69, 9.17) is 5.73 Å². The zero-order valence-corrected chi connectivity index (χ0v) is 11.5. The van der Waals surface area contributed by atoms with Crippen molar-refractivity contribution in [2.45, 2.75) is 18.7 Å². The molecule has 0 saturated heterocycles. The molecule has 114 valence electrons. The maximum Gasteiger partial charge on any atom is 0.451 e. The molecule has 0 saturated carbocycles. The summed E-state index contributed by atoms with van der Waals surface area (Å²) >= 11 is 0. The standard InChI is InChI=1S/C11H18F3N5O/c1-10(20,6-19(2)3)5-16-8-4-7(15)17-9(18-8)11(12,13)14/h4,20H,5-6H2,1-3H3,(H3,15,16,17,18). The Hall–Kier alpha value is -1.61. The summed E-state index contributed by atoms with van der Waals surface area (Å²) in [5, 5.41) is 12.7. The van der Waals surface area contributed by atoms with Crippen LogP contribution in [0.3, 0.4) is 0 Å². The maximum atomic E-state index is 12.5. The average molecular weight is 293 g/mol. The molecule has 0 aromatic carbocycles. The van der Waals surface area contributed by atoms with Crippen LogP contribution in [-0.2, 0) is 6.18 Å². The zero-order chi connectivity index (χ0) is 15.6. The maximum absolute atomic E-state index is 12.5. The summed E-state index contributed by atoms with van der Waals surface area (Å²) in [4.78, 5) is 8.23. The van der Waals surface area contributed by atoms with E-state index in [2.05, 4.69) is 15.3 Å². The number of rotatable bonds is 5. The zero-order valence-electron chi connectivity index (χ0n) is 11.5. The Balaban J connectivity index is 2.81. The largest absolute Gasteiger partial charge is 0.451 e. The number of nitrogens with zero attached hydrogens (tertiary/aromatic N) is 3. The van der Waals surface area contributed by atoms with Gasteiger partial charge in [0.25, 0.3) is 0 Å². The van der Waals surface area contributed by atoms with Crippen molar-refractivity contribution in [1.82, 2.24) is 14.9 Å². The van der Waals surface area contributed by atoms with Crippen molar-refractivity contribution in [2.24, 2.45) is 0 Å². The molecule has 9 heteroatoms. The van der Waals surface area contributed by atoms with Crippen molar-refractivity contribution in [1.29, 1.82) is 0 Å². The van der Waals surface area contributed by atoms with E-state index in [1.165, 1.54) is 6.07 Å². The van der Waals surface area contributed by atoms with Crippen molar-refractivity contribution >= 4 is 11.6 Å². The molecular formula is C11H18F3N5O. The molecule has 6 nitrogen and oxygen atoms in total. The van der Waals surface area contributed by atoms with Gasteiger partial charge < -0.3 is 21.1 Å². The van der Waals surface area contributed by atoms with Gasteiger partial charge in [0.2, 0.25) is 5.82 Å². The first kappa shape index (κ1) is 16.4. The molecule has 0 bridgehead atoms. The summed E-state index contributed by atoms with van der Waals surface area (Å²) in [5.41, 5.74) is 4.19. The number of anilines is 2. The number of nitrogen functional groups attached to an aromatic ring is 1. The van der Waals surface area contributed by atoms with E-state index in [0.29, 0.717) is 6.54 Å². The topological polar surface area (TPSA) is 87.3 Å². The van der Waals surface area contributed by atoms with E-state index in [1.807, 2.05) is 0 Å². The molecule has 20 heavy (non-hydrogen) atoms. The lowest BCUT2D eigenvalue weighted by Crippen LogP contribution is -2.43. The van der Waals surface area contributed by atoms with Gasteiger partial charge in [-0.2, -0.15) is 13.2 Å². The van der Waals surface area contributed by atoms with Crippen molar-refractivity contribution in [3.8, 4) is 0 Å². The Labute approximate surface area is 114 Å². The number of aromatic nitrogens is 2. The van der Waals surface area contributed by atoms with E-state index in [1.54, 1.807) is 25.9 Å². The second-order valence-electron chi connectivity index (χ2n) is 5.09. The number of aliphatic hydroxyl groups is 1. The summed E-state index contributed by atoms with van der Waals surface area (Å²) in [5.74, 6) is -1.68. The van der Waals surface area contributed by atoms with Crippen LogP contribution in [0.15, 0.2) is 6.07 Å². The van der Waals surface area contributed by atoms with Crippen LogP contribution >= 0.6 is 0 Å². The van der Waals surface area contributed by atoms with Gasteiger partial charge in [0.1, 0.15) is 11.6 Å². The van der Waals surface area contributed by atoms with Crippen molar-refractivity contribution < 1.29 is 18.3 Å². The summed E-state index contributed by atoms with van der Waals surface area (Å²) < 4.78 is 37.6. The van der Waals surface area contributed by atoms with Gasteiger partial charge in [-0.25, -0.2) is 9.97 Å². The number of hydrogen-bond acceptors (Lipinski definition) is 6. The van der Waals surface area contributed by atoms with E-state index in [-0.39, 0.29) is 18.2 Å². The molecule has 0 aliphatic rings. The van der Waals surface area contributed by atoms with Crippen LogP contribution < -0.4 is 11.1 Å². The normalized spacial score (nSPS) is 15.2. The minimum Gasteiger partial charge on any atom is -0.387 e. The Morgan fingerprint density at radius 2 is 1.95 bits per heavy atom. The van der Waals surface area contributed by atoms with Gasteiger partial charge in [0.05, 0.1) is 5.60 Å². The number of nitrogens with two attached hydrogens (primary N) is 1. The number of halogens is 3. The fraction of sp³-hybridized carbons (Fsp3) is 0.636. The van der Waals surface area contributed by atoms with Gasteiger partial charge in [-0.3, -0.25) is 0 Å². The molecule has 1 aromatic heterocycles. The molecule has 0 spiro atoms. The smallest absolute Gasteiger partial charge is 0.387 e. The van der Waals surface area contributed by atoms with Gasteiger partial charge in [-0.1, -0.05) is 0 Å². The average Bonchev–Trinajstić information content (AvgIpc) is 2.23. The molecule has 0 aliphatic heterocycles. The molecule has 0 radical (unpaired) electrons. The van der Waals surface area contributed by atoms with Crippen LogP contribution in [0.25, 0.3) is 0 Å². The molecule has 1 rings (SSSR count). The first-order chi connectivity index (χ1) is 8.99. The van der Waals surface area contributed by atoms with Crippen LogP contribution in [0.1, 0.15) is 12.7 Å². The van der Waals surface area contributed by atoms with Crippen molar-refractivity contribution in [3.63, 3.8) is 0 Å². The number of likely N-dealkylation sites (N-methyl/N-ethyl adjacent to an activating group) is 1. The van der Waals surface area contributed by atoms with Crippen LogP contribution in [0, 0.1) is 0 Å². The first-order valence-electron chi connectivity index (χ1n) is 5.82. The number of nitrogens with one attached hydrogen (secondary N) is 1. The highest BCUT2D eigenvalue weighted by Crippen LogP contribution is 2.27. The van der Waals surface area contributed by atoms with Crippen LogP contribution in [0.2, 0.25) is 0 Å². The Kier molecular flexibility index (Phi) is 4.77. The number of alkyl halides is 3. The molecule has 0 aliphatic carbocycles. The molecule has 1 heterocycles. The second kappa shape index (κ2) is 5.80. The Bertz CT molecular complexity index is 462. The van der Waals surface area contributed by atoms with Gasteiger partial charge in [-0.05, 0) is 21.0 Å². The first-order valence-corrected chi connectivity index (χ1v) is 5.82. The monoisotopic (exact) mass is 293 g/mol. The summed E-state index contributed by atoms with van der Waals surface area (Å²) in [6.45, 7) is 1.93. The Morgan fingerprint density at radius 3 is 2.45 bits per heavy atom. The molecule has 1 unspecified atom stereocenters. The van der Waals surface area contributed by atoms with Gasteiger partial charge in [0, 0.05) is 19.2 Å². The SMILES string of the molecule is CN(C)CC(C)(O)CNc1cc(N)nc(C(F)(F)F)n1. The molecule has 0 amide bonds. The fourth-order valence-corrected chi connectivity index (χ4v) is 1.70. The summed E-state index contributed by atoms with van der Waals surface area (Å²) in [7, 11) is 3.55. The molecule has 1 aromatic rings. The lowest BCUT2D eigenvalue weighted by atomic mass is 10.1. The van der Waals surface area contributed by atoms with Crippen molar-refractivity contribution in [3.05, 3.63) is 11.9 Å². The third kappa shape index (κ3) is 5.17. The number of hydrogen-bond donors (Lipinski definition) is 3. The van der Waals surface area contributed by atoms with Crippen molar-refractivity contribution in [2.75, 3.05) is 38.2 Å². The third-order valence-electron chi connectivity index (χ3n) is 2.31. The Morgan fingerprint density at radius 1 is 1.35 bits per heavy atom. The van der Waals surface area contributed by atoms with Crippen LogP contribution in [-0.4, -0.2) is 52.8 Å². The van der Waals surface area contributed by atoms with E-state index in [9.17, 15) is 18.3 Å². The molecular weight excluding hydrogens is 275 g/mol. The lowest BCUT2D eigenvalue weighted by molar-refractivity contribution is -0.144. The molecule has 4 N–H and O–H groups in total. The predicted molar refractivity (Wildman–Crippen MR) is 69.1 cm³/mol. The summed E-state index contributed by atoms with van der Waals surface area (Å²) in [6, 6.07) is 1.18. The highest BCUT2D eigenvalue weighted by Gasteiger charge is 2.35. The lowest BCUT2D eigenvalue weighted by Gasteiger charge is -2.27. The van der Waals surface area contributed by atoms with Crippen LogP contribution in [0.4, 0.5) is 24.8 Å². The van der Waals surface area contributed by atoms with E-state index >= 15 is 0 Å². The molecule has 1 atom stereocenters. The quantitative estimate of drug-likeness (QED) is 0.744. The highest BCUT2D eigenvalue weighted by molar-refractivity contribution is 5.45. The van der Waals surface area contributed by atoms with Gasteiger partial charge in [0.15, 0.2) is 0 Å². The second-order valence-corrected chi connectivity index (χ2v) is 5.09. The fourth-order valence-electron chi connectivity index (χ4n) is 1.70. The summed E-state index contributed by atoms with van der Waals surface area (Å²) in [6.07, 6.45) is -4.67. The van der Waals surface area contributed by atoms with Crippen LogP contribution in [0.5, 0.6) is 0 Å².